The van der Waals surface area contributed by atoms with Crippen LogP contribution >= 0.6 is 0 Å². The fraction of sp³-hybridized carbons (Fsp3) is 0.933. The van der Waals surface area contributed by atoms with Gasteiger partial charge in [-0.15, -0.1) is 0 Å². The van der Waals surface area contributed by atoms with Crippen LogP contribution in [0.1, 0.15) is 83.1 Å². The number of hydrogen-bond donors (Lipinski definition) is 0. The Kier molecular flexibility index (Phi) is 9.87. The molecule has 0 nitrogen and oxygen atoms in total. The molecule has 0 N–H and O–H groups in total. The normalized spacial score (nSPS) is 58.5. The van der Waals surface area contributed by atoms with Crippen molar-refractivity contribution in [2.24, 2.45) is 94.7 Å². The molecule has 0 heterocycles. The predicted molar refractivity (Wildman–Crippen MR) is 133 cm³/mol. The zero-order valence-electron chi connectivity index (χ0n) is 23.0. The summed E-state index contributed by atoms with van der Waals surface area (Å²) in [6.07, 6.45) is 5.33. The zero-order chi connectivity index (χ0) is 22.7. The fourth-order valence-corrected chi connectivity index (χ4v) is 8.74. The van der Waals surface area contributed by atoms with E-state index in [1.54, 1.807) is 0 Å². The molecule has 0 aliphatic heterocycles. The Hall–Kier alpha value is 1.10. The van der Waals surface area contributed by atoms with Gasteiger partial charge in [0.1, 0.15) is 0 Å². The first kappa shape index (κ1) is 28.3. The molecule has 4 fully saturated rings. The van der Waals surface area contributed by atoms with Gasteiger partial charge in [-0.1, -0.05) is 119 Å². The van der Waals surface area contributed by atoms with E-state index in [1.807, 2.05) is 0 Å². The first-order valence-electron chi connectivity index (χ1n) is 13.6. The molecule has 0 aromatic rings. The Labute approximate surface area is 222 Å². The second-order valence-electron chi connectivity index (χ2n) is 13.0. The van der Waals surface area contributed by atoms with Crippen molar-refractivity contribution in [3.05, 3.63) is 12.8 Å². The van der Waals surface area contributed by atoms with Crippen molar-refractivity contribution in [1.82, 2.24) is 0 Å². The zero-order valence-corrected chi connectivity index (χ0v) is 25.8. The van der Waals surface area contributed by atoms with E-state index >= 15 is 0 Å². The largest absolute Gasteiger partial charge is 0.322 e. The third-order valence-corrected chi connectivity index (χ3v) is 12.2. The van der Waals surface area contributed by atoms with E-state index in [4.69, 9.17) is 0 Å². The van der Waals surface area contributed by atoms with Gasteiger partial charge in [0, 0.05) is 32.7 Å². The maximum atomic E-state index is 2.67. The molecule has 16 unspecified atom stereocenters. The van der Waals surface area contributed by atoms with Crippen molar-refractivity contribution in [2.45, 2.75) is 83.1 Å². The van der Waals surface area contributed by atoms with Gasteiger partial charge in [-0.05, 0) is 35.5 Å². The molecule has 16 atom stereocenters. The first-order valence-corrected chi connectivity index (χ1v) is 13.6. The van der Waals surface area contributed by atoms with Crippen molar-refractivity contribution >= 4 is 0 Å². The summed E-state index contributed by atoms with van der Waals surface area (Å²) in [6.45, 7) is 29.6. The van der Waals surface area contributed by atoms with Gasteiger partial charge in [0.05, 0.1) is 0 Å². The molecule has 179 valence electrons. The smallest absolute Gasteiger partial charge is 0 e. The van der Waals surface area contributed by atoms with E-state index in [0.717, 1.165) is 94.7 Å². The SMILES string of the molecule is CC1[CH-]C2C(C)C(C)C(C)C(C)C2C1C.CC1[CH-]C2C(C)C(C)C(C)C(C)C2C1C.[Y]. The summed E-state index contributed by atoms with van der Waals surface area (Å²) in [6, 6.07) is 0. The quantitative estimate of drug-likeness (QED) is 0.291. The number of fused-ring (bicyclic) bond motifs is 2. The van der Waals surface area contributed by atoms with Crippen LogP contribution in [-0.2, 0) is 32.7 Å². The Morgan fingerprint density at radius 3 is 0.871 bits per heavy atom. The summed E-state index contributed by atoms with van der Waals surface area (Å²) in [5.41, 5.74) is 0. The van der Waals surface area contributed by atoms with Crippen molar-refractivity contribution in [3.63, 3.8) is 0 Å². The van der Waals surface area contributed by atoms with E-state index in [2.05, 4.69) is 95.9 Å². The van der Waals surface area contributed by atoms with Crippen molar-refractivity contribution in [1.29, 1.82) is 0 Å². The van der Waals surface area contributed by atoms with Gasteiger partial charge in [0.2, 0.25) is 0 Å². The average molecular weight is 504 g/mol. The third kappa shape index (κ3) is 4.93. The maximum Gasteiger partial charge on any atom is 0 e. The predicted octanol–water partition coefficient (Wildman–Crippen LogP) is 8.53. The first-order chi connectivity index (χ1) is 13.9. The summed E-state index contributed by atoms with van der Waals surface area (Å²) in [5, 5.41) is 0. The molecule has 0 amide bonds. The topological polar surface area (TPSA) is 0 Å². The molecule has 0 saturated heterocycles. The Balaban J connectivity index is 0.000000213. The van der Waals surface area contributed by atoms with Crippen LogP contribution in [0.25, 0.3) is 0 Å². The summed E-state index contributed by atoms with van der Waals surface area (Å²) >= 11 is 0. The van der Waals surface area contributed by atoms with Crippen molar-refractivity contribution < 1.29 is 32.7 Å². The van der Waals surface area contributed by atoms with Gasteiger partial charge in [-0.2, -0.15) is 23.7 Å². The molecule has 4 aliphatic carbocycles. The second-order valence-corrected chi connectivity index (χ2v) is 13.0. The molecule has 0 aromatic heterocycles. The minimum atomic E-state index is 0. The van der Waals surface area contributed by atoms with Crippen LogP contribution in [0.2, 0.25) is 0 Å². The fourth-order valence-electron chi connectivity index (χ4n) is 8.74. The standard InChI is InChI=1S/2C15H27.Y/c2*1-8-7-14-12(5)10(3)11(4)13(6)15(14)9(8)2;/h2*7-15H,1-6H3;/q2*-1;. The molecule has 4 rings (SSSR count). The summed E-state index contributed by atoms with van der Waals surface area (Å²) in [4.78, 5) is 0. The molecule has 1 heteroatoms. The summed E-state index contributed by atoms with van der Waals surface area (Å²) < 4.78 is 0. The Bertz CT molecular complexity index is 521. The van der Waals surface area contributed by atoms with Gasteiger partial charge in [0.15, 0.2) is 0 Å². The monoisotopic (exact) mass is 503 g/mol. The van der Waals surface area contributed by atoms with Crippen LogP contribution in [0.15, 0.2) is 0 Å². The van der Waals surface area contributed by atoms with Crippen LogP contribution in [0.3, 0.4) is 0 Å². The average Bonchev–Trinajstić information content (AvgIpc) is 3.18. The minimum Gasteiger partial charge on any atom is -0.322 e. The van der Waals surface area contributed by atoms with Crippen LogP contribution < -0.4 is 0 Å². The summed E-state index contributed by atoms with van der Waals surface area (Å²) in [5.74, 6) is 14.4. The van der Waals surface area contributed by atoms with E-state index in [0.29, 0.717) is 0 Å². The van der Waals surface area contributed by atoms with E-state index in [1.165, 1.54) is 0 Å². The number of hydrogen-bond acceptors (Lipinski definition) is 0. The van der Waals surface area contributed by atoms with E-state index < -0.39 is 0 Å². The molecule has 1 radical (unpaired) electrons. The molecular weight excluding hydrogens is 449 g/mol. The number of rotatable bonds is 0. The Morgan fingerprint density at radius 1 is 0.323 bits per heavy atom. The van der Waals surface area contributed by atoms with Gasteiger partial charge < -0.3 is 12.8 Å². The molecule has 0 bridgehead atoms. The molecule has 4 aliphatic rings. The third-order valence-electron chi connectivity index (χ3n) is 12.2. The van der Waals surface area contributed by atoms with E-state index in [-0.39, 0.29) is 32.7 Å². The Morgan fingerprint density at radius 2 is 0.581 bits per heavy atom. The minimum absolute atomic E-state index is 0. The molecule has 31 heavy (non-hydrogen) atoms. The molecular formula is C30H54Y-2. The van der Waals surface area contributed by atoms with Gasteiger partial charge in [0.25, 0.3) is 0 Å². The molecule has 4 saturated carbocycles. The van der Waals surface area contributed by atoms with Crippen LogP contribution in [-0.4, -0.2) is 0 Å². The van der Waals surface area contributed by atoms with Gasteiger partial charge in [-0.25, -0.2) is 0 Å². The van der Waals surface area contributed by atoms with Crippen molar-refractivity contribution in [2.75, 3.05) is 0 Å². The molecule has 0 spiro atoms. The van der Waals surface area contributed by atoms with Gasteiger partial charge in [-0.3, -0.25) is 0 Å². The molecule has 0 aromatic carbocycles. The maximum absolute atomic E-state index is 2.67. The summed E-state index contributed by atoms with van der Waals surface area (Å²) in [7, 11) is 0. The second kappa shape index (κ2) is 10.8. The van der Waals surface area contributed by atoms with Crippen molar-refractivity contribution in [3.8, 4) is 0 Å². The van der Waals surface area contributed by atoms with E-state index in [9.17, 15) is 0 Å². The van der Waals surface area contributed by atoms with Gasteiger partial charge >= 0.3 is 0 Å². The van der Waals surface area contributed by atoms with Crippen LogP contribution in [0, 0.1) is 108 Å². The van der Waals surface area contributed by atoms with Crippen LogP contribution in [0.4, 0.5) is 0 Å². The van der Waals surface area contributed by atoms with Crippen LogP contribution in [0.5, 0.6) is 0 Å².